The molecule has 0 aliphatic carbocycles. The first-order valence-electron chi connectivity index (χ1n) is 9.12. The Morgan fingerprint density at radius 1 is 0.923 bits per heavy atom. The number of piperazine rings is 1. The summed E-state index contributed by atoms with van der Waals surface area (Å²) in [6.45, 7) is 6.24. The third-order valence-corrected chi connectivity index (χ3v) is 5.21. The van der Waals surface area contributed by atoms with E-state index < -0.39 is 0 Å². The molecule has 2 aromatic rings. The summed E-state index contributed by atoms with van der Waals surface area (Å²) < 4.78 is 26.9. The Kier molecular flexibility index (Phi) is 7.56. The van der Waals surface area contributed by atoms with Gasteiger partial charge in [0.1, 0.15) is 11.6 Å². The van der Waals surface area contributed by atoms with Crippen LogP contribution in [0.3, 0.4) is 0 Å². The highest BCUT2D eigenvalue weighted by molar-refractivity contribution is 5.85. The first kappa shape index (κ1) is 20.8. The summed E-state index contributed by atoms with van der Waals surface area (Å²) in [7, 11) is 0. The smallest absolute Gasteiger partial charge is 0.123 e. The Hall–Kier alpha value is -1.49. The topological polar surface area (TPSA) is 15.3 Å². The van der Waals surface area contributed by atoms with E-state index in [1.165, 1.54) is 24.3 Å². The lowest BCUT2D eigenvalue weighted by atomic mass is 9.92. The first-order chi connectivity index (χ1) is 12.1. The van der Waals surface area contributed by atoms with Crippen molar-refractivity contribution in [1.29, 1.82) is 0 Å². The van der Waals surface area contributed by atoms with Gasteiger partial charge < -0.3 is 5.32 Å². The zero-order valence-corrected chi connectivity index (χ0v) is 16.1. The molecule has 142 valence electrons. The maximum absolute atomic E-state index is 13.4. The number of benzene rings is 2. The molecule has 2 nitrogen and oxygen atoms in total. The van der Waals surface area contributed by atoms with Crippen molar-refractivity contribution in [2.24, 2.45) is 0 Å². The highest BCUT2D eigenvalue weighted by atomic mass is 35.5. The summed E-state index contributed by atoms with van der Waals surface area (Å²) in [5.41, 5.74) is 2.09. The van der Waals surface area contributed by atoms with Gasteiger partial charge in [-0.3, -0.25) is 4.90 Å². The lowest BCUT2D eigenvalue weighted by molar-refractivity contribution is 0.0938. The summed E-state index contributed by atoms with van der Waals surface area (Å²) in [4.78, 5) is 2.49. The number of nitrogens with one attached hydrogen (secondary N) is 1. The molecule has 0 bridgehead atoms. The van der Waals surface area contributed by atoms with Gasteiger partial charge in [0.2, 0.25) is 0 Å². The van der Waals surface area contributed by atoms with Crippen LogP contribution in [-0.2, 0) is 0 Å². The van der Waals surface area contributed by atoms with Crippen LogP contribution in [0, 0.1) is 11.6 Å². The Bertz CT molecular complexity index is 630. The Labute approximate surface area is 161 Å². The summed E-state index contributed by atoms with van der Waals surface area (Å²) in [5.74, 6) is -0.471. The van der Waals surface area contributed by atoms with E-state index in [0.717, 1.165) is 37.1 Å². The van der Waals surface area contributed by atoms with Crippen molar-refractivity contribution >= 4 is 12.4 Å². The van der Waals surface area contributed by atoms with Gasteiger partial charge in [-0.2, -0.15) is 0 Å². The molecule has 0 spiro atoms. The second-order valence-electron chi connectivity index (χ2n) is 6.78. The van der Waals surface area contributed by atoms with Gasteiger partial charge in [0.05, 0.1) is 6.04 Å². The molecule has 3 rings (SSSR count). The van der Waals surface area contributed by atoms with E-state index in [4.69, 9.17) is 0 Å². The molecule has 0 unspecified atom stereocenters. The Balaban J connectivity index is 0.00000243. The average molecular weight is 381 g/mol. The van der Waals surface area contributed by atoms with Crippen molar-refractivity contribution in [1.82, 2.24) is 10.2 Å². The second kappa shape index (κ2) is 9.45. The predicted octanol–water partition coefficient (Wildman–Crippen LogP) is 4.94. The van der Waals surface area contributed by atoms with Crippen molar-refractivity contribution < 1.29 is 8.78 Å². The van der Waals surface area contributed by atoms with E-state index in [1.54, 1.807) is 0 Å². The van der Waals surface area contributed by atoms with Gasteiger partial charge in [0.25, 0.3) is 0 Å². The van der Waals surface area contributed by atoms with Gasteiger partial charge in [-0.15, -0.1) is 12.4 Å². The molecule has 1 N–H and O–H groups in total. The van der Waals surface area contributed by atoms with E-state index in [1.807, 2.05) is 24.3 Å². The van der Waals surface area contributed by atoms with Crippen LogP contribution in [0.15, 0.2) is 48.5 Å². The number of halogens is 3. The summed E-state index contributed by atoms with van der Waals surface area (Å²) in [6.07, 6.45) is 2.09. The van der Waals surface area contributed by atoms with Crippen molar-refractivity contribution in [3.05, 3.63) is 71.3 Å². The third-order valence-electron chi connectivity index (χ3n) is 5.21. The molecule has 1 saturated heterocycles. The molecule has 0 radical (unpaired) electrons. The normalized spacial score (nSPS) is 20.8. The van der Waals surface area contributed by atoms with Crippen LogP contribution >= 0.6 is 12.4 Å². The third kappa shape index (κ3) is 4.61. The lowest BCUT2D eigenvalue weighted by Gasteiger charge is -2.45. The molecule has 0 amide bonds. The van der Waals surface area contributed by atoms with Crippen LogP contribution in [0.5, 0.6) is 0 Å². The number of nitrogens with zero attached hydrogens (tertiary/aromatic N) is 1. The predicted molar refractivity (Wildman–Crippen MR) is 105 cm³/mol. The van der Waals surface area contributed by atoms with Crippen LogP contribution < -0.4 is 5.32 Å². The van der Waals surface area contributed by atoms with Gasteiger partial charge in [0, 0.05) is 25.2 Å². The molecular weight excluding hydrogens is 354 g/mol. The van der Waals surface area contributed by atoms with Crippen LogP contribution in [0.25, 0.3) is 0 Å². The quantitative estimate of drug-likeness (QED) is 0.790. The molecular formula is C21H27ClF2N2. The van der Waals surface area contributed by atoms with Crippen LogP contribution in [-0.4, -0.2) is 30.1 Å². The molecule has 5 heteroatoms. The fraction of sp³-hybridized carbons (Fsp3) is 0.429. The van der Waals surface area contributed by atoms with Crippen LogP contribution in [0.4, 0.5) is 8.78 Å². The van der Waals surface area contributed by atoms with E-state index >= 15 is 0 Å². The minimum absolute atomic E-state index is 0. The van der Waals surface area contributed by atoms with Gasteiger partial charge in [-0.1, -0.05) is 38.1 Å². The fourth-order valence-electron chi connectivity index (χ4n) is 3.72. The fourth-order valence-corrected chi connectivity index (χ4v) is 3.72. The second-order valence-corrected chi connectivity index (χ2v) is 6.78. The number of rotatable bonds is 5. The van der Waals surface area contributed by atoms with Crippen molar-refractivity contribution in [2.75, 3.05) is 13.1 Å². The minimum Gasteiger partial charge on any atom is -0.311 e. The first-order valence-corrected chi connectivity index (χ1v) is 9.12. The largest absolute Gasteiger partial charge is 0.311 e. The molecule has 1 heterocycles. The highest BCUT2D eigenvalue weighted by Gasteiger charge is 2.33. The molecule has 1 aliphatic rings. The maximum Gasteiger partial charge on any atom is 0.123 e. The summed E-state index contributed by atoms with van der Waals surface area (Å²) >= 11 is 0. The number of hydrogen-bond acceptors (Lipinski definition) is 2. The van der Waals surface area contributed by atoms with Crippen molar-refractivity contribution in [3.63, 3.8) is 0 Å². The highest BCUT2D eigenvalue weighted by Crippen LogP contribution is 2.33. The molecule has 1 aliphatic heterocycles. The van der Waals surface area contributed by atoms with Gasteiger partial charge in [-0.25, -0.2) is 8.78 Å². The SMILES string of the molecule is CC[C@H]1CN(C(c2ccc(F)cc2)c2ccc(F)cc2)[C@H](CC)CN1.Cl. The molecule has 2 aromatic carbocycles. The van der Waals surface area contributed by atoms with E-state index in [0.29, 0.717) is 12.1 Å². The zero-order chi connectivity index (χ0) is 17.8. The molecule has 1 fully saturated rings. The van der Waals surface area contributed by atoms with Crippen LogP contribution in [0.2, 0.25) is 0 Å². The van der Waals surface area contributed by atoms with Gasteiger partial charge in [-0.05, 0) is 48.2 Å². The number of hydrogen-bond donors (Lipinski definition) is 1. The van der Waals surface area contributed by atoms with Crippen molar-refractivity contribution in [3.8, 4) is 0 Å². The lowest BCUT2D eigenvalue weighted by Crippen LogP contribution is -2.57. The van der Waals surface area contributed by atoms with E-state index in [2.05, 4.69) is 24.1 Å². The van der Waals surface area contributed by atoms with E-state index in [-0.39, 0.29) is 30.1 Å². The monoisotopic (exact) mass is 380 g/mol. The molecule has 2 atom stereocenters. The molecule has 26 heavy (non-hydrogen) atoms. The van der Waals surface area contributed by atoms with E-state index in [9.17, 15) is 8.78 Å². The zero-order valence-electron chi connectivity index (χ0n) is 15.3. The summed E-state index contributed by atoms with van der Waals surface area (Å²) in [6, 6.07) is 14.2. The van der Waals surface area contributed by atoms with Crippen molar-refractivity contribution in [2.45, 2.75) is 44.8 Å². The Morgan fingerprint density at radius 3 is 1.85 bits per heavy atom. The maximum atomic E-state index is 13.4. The van der Waals surface area contributed by atoms with Gasteiger partial charge in [0.15, 0.2) is 0 Å². The molecule has 0 aromatic heterocycles. The standard InChI is InChI=1S/C21H26F2N2.ClH/c1-3-19-14-25(20(4-2)13-24-19)21(15-5-9-17(22)10-6-15)16-7-11-18(23)12-8-16;/h5-12,19-21,24H,3-4,13-14H2,1-2H3;1H/t19-,20+;/m0./s1. The van der Waals surface area contributed by atoms with Gasteiger partial charge >= 0.3 is 0 Å². The van der Waals surface area contributed by atoms with Crippen LogP contribution in [0.1, 0.15) is 43.9 Å². The average Bonchev–Trinajstić information content (AvgIpc) is 2.65. The minimum atomic E-state index is -0.236. The summed E-state index contributed by atoms with van der Waals surface area (Å²) in [5, 5.41) is 3.61. The molecule has 0 saturated carbocycles. The Morgan fingerprint density at radius 2 is 1.42 bits per heavy atom.